The molecule has 3 heterocycles. The van der Waals surface area contributed by atoms with Gasteiger partial charge in [-0.1, -0.05) is 12.3 Å². The quantitative estimate of drug-likeness (QED) is 0.358. The molecule has 1 saturated heterocycles. The van der Waals surface area contributed by atoms with Crippen LogP contribution in [0.15, 0.2) is 24.3 Å². The summed E-state index contributed by atoms with van der Waals surface area (Å²) in [5, 5.41) is 4.67. The van der Waals surface area contributed by atoms with Crippen LogP contribution in [-0.4, -0.2) is 39.9 Å². The number of hydrogen-bond donors (Lipinski definition) is 0. The molecule has 3 fully saturated rings. The smallest absolute Gasteiger partial charge is 0.308 e. The number of pyridine rings is 1. The summed E-state index contributed by atoms with van der Waals surface area (Å²) >= 11 is 0. The van der Waals surface area contributed by atoms with Crippen LogP contribution in [-0.2, 0) is 11.8 Å². The van der Waals surface area contributed by atoms with E-state index in [4.69, 9.17) is 9.72 Å². The highest BCUT2D eigenvalue weighted by Gasteiger charge is 2.37. The molecule has 7 heteroatoms. The summed E-state index contributed by atoms with van der Waals surface area (Å²) in [5.74, 6) is 8.01. The fraction of sp³-hybridized carbons (Fsp3) is 0.531. The molecule has 0 N–H and O–H groups in total. The number of carbonyl (C=O) groups is 1. The maximum Gasteiger partial charge on any atom is 0.308 e. The Balaban J connectivity index is 1.43. The summed E-state index contributed by atoms with van der Waals surface area (Å²) in [6, 6.07) is 8.25. The van der Waals surface area contributed by atoms with E-state index in [0.717, 1.165) is 60.2 Å². The van der Waals surface area contributed by atoms with Crippen LogP contribution in [0.3, 0.4) is 0 Å². The van der Waals surface area contributed by atoms with Gasteiger partial charge in [0.15, 0.2) is 5.52 Å². The summed E-state index contributed by atoms with van der Waals surface area (Å²) in [6.07, 6.45) is 9.78. The standard InChI is InChI=1S/C32H39N5O2/c1-5-9-30(38)37(28-19-22(3)21(2)18-27(28)36-17-16-24(20-36)23-12-13-23)29-15-14-26-31(33-29)32(34-35(26)4)39-25-10-7-6-8-11-25/h14-15,18-19,23-25H,6-8,10-13,16-17,20H2,1-4H3. The van der Waals surface area contributed by atoms with Crippen molar-refractivity contribution in [1.29, 1.82) is 0 Å². The second-order valence-corrected chi connectivity index (χ2v) is 11.6. The highest BCUT2D eigenvalue weighted by Crippen LogP contribution is 2.45. The second kappa shape index (κ2) is 10.6. The van der Waals surface area contributed by atoms with Crippen LogP contribution in [0.2, 0.25) is 0 Å². The van der Waals surface area contributed by atoms with Gasteiger partial charge in [0.1, 0.15) is 11.9 Å². The average Bonchev–Trinajstić information content (AvgIpc) is 3.59. The minimum atomic E-state index is -0.287. The third-order valence-corrected chi connectivity index (χ3v) is 8.83. The molecule has 3 aromatic rings. The van der Waals surface area contributed by atoms with Crippen LogP contribution in [0.4, 0.5) is 17.2 Å². The van der Waals surface area contributed by atoms with E-state index in [1.807, 2.05) is 23.9 Å². The molecule has 1 unspecified atom stereocenters. The summed E-state index contributed by atoms with van der Waals surface area (Å²) in [4.78, 5) is 22.9. The van der Waals surface area contributed by atoms with Crippen molar-refractivity contribution in [2.24, 2.45) is 18.9 Å². The Kier molecular flexibility index (Phi) is 6.97. The number of carbonyl (C=O) groups excluding carboxylic acids is 1. The molecule has 204 valence electrons. The lowest BCUT2D eigenvalue weighted by molar-refractivity contribution is -0.112. The van der Waals surface area contributed by atoms with Crippen molar-refractivity contribution in [3.05, 3.63) is 35.4 Å². The van der Waals surface area contributed by atoms with Gasteiger partial charge in [-0.3, -0.25) is 14.4 Å². The maximum atomic E-state index is 13.7. The number of aromatic nitrogens is 3. The van der Waals surface area contributed by atoms with E-state index in [1.165, 1.54) is 44.1 Å². The van der Waals surface area contributed by atoms with Crippen LogP contribution in [0.25, 0.3) is 11.0 Å². The van der Waals surface area contributed by atoms with Gasteiger partial charge in [0, 0.05) is 20.1 Å². The van der Waals surface area contributed by atoms with E-state index < -0.39 is 0 Å². The monoisotopic (exact) mass is 525 g/mol. The number of rotatable bonds is 6. The molecule has 3 aliphatic rings. The number of ether oxygens (including phenoxy) is 1. The third-order valence-electron chi connectivity index (χ3n) is 8.83. The number of hydrogen-bond acceptors (Lipinski definition) is 5. The molecule has 1 aliphatic heterocycles. The summed E-state index contributed by atoms with van der Waals surface area (Å²) in [7, 11) is 1.91. The van der Waals surface area contributed by atoms with Crippen molar-refractivity contribution in [3.63, 3.8) is 0 Å². The number of anilines is 3. The Hall–Kier alpha value is -3.53. The van der Waals surface area contributed by atoms with Crippen LogP contribution >= 0.6 is 0 Å². The molecule has 2 saturated carbocycles. The molecule has 7 nitrogen and oxygen atoms in total. The van der Waals surface area contributed by atoms with Gasteiger partial charge in [-0.2, -0.15) is 0 Å². The maximum absolute atomic E-state index is 13.7. The molecule has 2 aromatic heterocycles. The van der Waals surface area contributed by atoms with Gasteiger partial charge in [-0.15, -0.1) is 5.10 Å². The fourth-order valence-electron chi connectivity index (χ4n) is 6.32. The number of amides is 1. The zero-order valence-corrected chi connectivity index (χ0v) is 23.7. The van der Waals surface area contributed by atoms with Crippen molar-refractivity contribution in [1.82, 2.24) is 14.8 Å². The molecular formula is C32H39N5O2. The van der Waals surface area contributed by atoms with Gasteiger partial charge in [-0.25, -0.2) is 4.98 Å². The van der Waals surface area contributed by atoms with E-state index in [-0.39, 0.29) is 12.0 Å². The van der Waals surface area contributed by atoms with E-state index in [0.29, 0.717) is 17.2 Å². The molecule has 1 aromatic carbocycles. The Morgan fingerprint density at radius 2 is 1.79 bits per heavy atom. The first-order chi connectivity index (χ1) is 18.9. The molecule has 1 amide bonds. The Morgan fingerprint density at radius 3 is 2.54 bits per heavy atom. The van der Waals surface area contributed by atoms with Crippen molar-refractivity contribution < 1.29 is 9.53 Å². The van der Waals surface area contributed by atoms with E-state index in [1.54, 1.807) is 11.8 Å². The normalized spacial score (nSPS) is 19.7. The largest absolute Gasteiger partial charge is 0.472 e. The summed E-state index contributed by atoms with van der Waals surface area (Å²) in [6.45, 7) is 7.99. The Labute approximate surface area is 231 Å². The van der Waals surface area contributed by atoms with Gasteiger partial charge in [0.2, 0.25) is 0 Å². The average molecular weight is 526 g/mol. The minimum Gasteiger partial charge on any atom is -0.472 e. The predicted octanol–water partition coefficient (Wildman–Crippen LogP) is 6.22. The molecule has 1 atom stereocenters. The Bertz CT molecular complexity index is 1450. The van der Waals surface area contributed by atoms with Gasteiger partial charge in [-0.05, 0) is 119 Å². The van der Waals surface area contributed by atoms with Crippen LogP contribution in [0, 0.1) is 37.5 Å². The number of fused-ring (bicyclic) bond motifs is 1. The van der Waals surface area contributed by atoms with Gasteiger partial charge >= 0.3 is 5.91 Å². The third kappa shape index (κ3) is 5.09. The van der Waals surface area contributed by atoms with E-state index in [2.05, 4.69) is 47.8 Å². The van der Waals surface area contributed by atoms with Crippen LogP contribution < -0.4 is 14.5 Å². The second-order valence-electron chi connectivity index (χ2n) is 11.6. The lowest BCUT2D eigenvalue weighted by atomic mass is 9.98. The zero-order chi connectivity index (χ0) is 27.1. The first-order valence-corrected chi connectivity index (χ1v) is 14.6. The fourth-order valence-corrected chi connectivity index (χ4v) is 6.32. The first-order valence-electron chi connectivity index (χ1n) is 14.6. The lowest BCUT2D eigenvalue weighted by Gasteiger charge is -2.29. The zero-order valence-electron chi connectivity index (χ0n) is 23.7. The molecule has 39 heavy (non-hydrogen) atoms. The number of benzene rings is 1. The molecular weight excluding hydrogens is 486 g/mol. The number of aryl methyl sites for hydroxylation is 3. The molecule has 0 bridgehead atoms. The molecule has 2 aliphatic carbocycles. The van der Waals surface area contributed by atoms with Crippen LogP contribution in [0.5, 0.6) is 5.88 Å². The first kappa shape index (κ1) is 25.7. The minimum absolute atomic E-state index is 0.159. The summed E-state index contributed by atoms with van der Waals surface area (Å²) in [5.41, 5.74) is 5.84. The van der Waals surface area contributed by atoms with Gasteiger partial charge in [0.25, 0.3) is 5.88 Å². The van der Waals surface area contributed by atoms with E-state index in [9.17, 15) is 4.79 Å². The van der Waals surface area contributed by atoms with Gasteiger partial charge in [0.05, 0.1) is 16.9 Å². The highest BCUT2D eigenvalue weighted by atomic mass is 16.5. The summed E-state index contributed by atoms with van der Waals surface area (Å²) < 4.78 is 8.20. The van der Waals surface area contributed by atoms with Gasteiger partial charge < -0.3 is 9.64 Å². The molecule has 6 rings (SSSR count). The van der Waals surface area contributed by atoms with Crippen molar-refractivity contribution in [2.75, 3.05) is 22.9 Å². The van der Waals surface area contributed by atoms with Crippen LogP contribution in [0.1, 0.15) is 69.4 Å². The van der Waals surface area contributed by atoms with Crippen molar-refractivity contribution in [2.45, 2.75) is 78.2 Å². The molecule has 0 spiro atoms. The molecule has 0 radical (unpaired) electrons. The highest BCUT2D eigenvalue weighted by molar-refractivity contribution is 6.12. The topological polar surface area (TPSA) is 63.5 Å². The SMILES string of the molecule is CC#CC(=O)N(c1ccc2c(n1)c(OC1CCCCC1)nn2C)c1cc(C)c(C)cc1N1CCC(C2CC2)C1. The lowest BCUT2D eigenvalue weighted by Crippen LogP contribution is -2.29. The Morgan fingerprint density at radius 1 is 1.03 bits per heavy atom. The van der Waals surface area contributed by atoms with E-state index >= 15 is 0 Å². The predicted molar refractivity (Wildman–Crippen MR) is 156 cm³/mol. The number of nitrogens with zero attached hydrogens (tertiary/aromatic N) is 5. The van der Waals surface area contributed by atoms with Crippen molar-refractivity contribution in [3.8, 4) is 17.7 Å². The van der Waals surface area contributed by atoms with Crippen molar-refractivity contribution >= 4 is 34.1 Å².